The zero-order valence-corrected chi connectivity index (χ0v) is 11.3. The van der Waals surface area contributed by atoms with Crippen molar-refractivity contribution in [3.05, 3.63) is 29.3 Å². The van der Waals surface area contributed by atoms with Crippen molar-refractivity contribution in [3.63, 3.8) is 0 Å². The van der Waals surface area contributed by atoms with E-state index in [1.165, 1.54) is 12.8 Å². The summed E-state index contributed by atoms with van der Waals surface area (Å²) in [6.07, 6.45) is 5.12. The van der Waals surface area contributed by atoms with E-state index in [0.717, 1.165) is 18.4 Å². The molecule has 4 heteroatoms. The molecule has 1 fully saturated rings. The molecule has 0 spiro atoms. The largest absolute Gasteiger partial charge is 0.507 e. The molecule has 19 heavy (non-hydrogen) atoms. The molecule has 0 saturated heterocycles. The predicted octanol–water partition coefficient (Wildman–Crippen LogP) is 2.39. The smallest absolute Gasteiger partial charge is 0.255 e. The monoisotopic (exact) mass is 263 g/mol. The highest BCUT2D eigenvalue weighted by atomic mass is 16.5. The van der Waals surface area contributed by atoms with Gasteiger partial charge >= 0.3 is 0 Å². The third-order valence-corrected chi connectivity index (χ3v) is 3.44. The zero-order chi connectivity index (χ0) is 13.7. The van der Waals surface area contributed by atoms with Crippen molar-refractivity contribution in [2.75, 3.05) is 13.2 Å². The van der Waals surface area contributed by atoms with Crippen molar-refractivity contribution in [1.82, 2.24) is 5.32 Å². The van der Waals surface area contributed by atoms with Gasteiger partial charge in [0.05, 0.1) is 18.3 Å². The van der Waals surface area contributed by atoms with Crippen LogP contribution in [0.3, 0.4) is 0 Å². The number of nitrogens with one attached hydrogen (secondary N) is 1. The number of carbonyl (C=O) groups is 1. The van der Waals surface area contributed by atoms with Gasteiger partial charge in [0.2, 0.25) is 0 Å². The van der Waals surface area contributed by atoms with E-state index < -0.39 is 0 Å². The van der Waals surface area contributed by atoms with Crippen LogP contribution in [-0.2, 0) is 4.74 Å². The number of aryl methyl sites for hydroxylation is 1. The molecule has 0 heterocycles. The fraction of sp³-hybridized carbons (Fsp3) is 0.533. The van der Waals surface area contributed by atoms with Gasteiger partial charge in [-0.1, -0.05) is 24.5 Å². The molecule has 104 valence electrons. The number of hydrogen-bond donors (Lipinski definition) is 2. The summed E-state index contributed by atoms with van der Waals surface area (Å²) in [5.41, 5.74) is 1.27. The molecule has 2 N–H and O–H groups in total. The Balaban J connectivity index is 1.75. The van der Waals surface area contributed by atoms with E-state index in [1.807, 2.05) is 6.92 Å². The Kier molecular flexibility index (Phi) is 4.80. The van der Waals surface area contributed by atoms with Crippen LogP contribution in [0.4, 0.5) is 0 Å². The van der Waals surface area contributed by atoms with Crippen LogP contribution in [0.25, 0.3) is 0 Å². The molecule has 0 atom stereocenters. The Hall–Kier alpha value is -1.55. The number of benzene rings is 1. The first kappa shape index (κ1) is 13.9. The minimum Gasteiger partial charge on any atom is -0.507 e. The highest BCUT2D eigenvalue weighted by Gasteiger charge is 2.15. The second kappa shape index (κ2) is 6.57. The summed E-state index contributed by atoms with van der Waals surface area (Å²) < 4.78 is 5.67. The van der Waals surface area contributed by atoms with Crippen molar-refractivity contribution >= 4 is 5.91 Å². The van der Waals surface area contributed by atoms with E-state index in [1.54, 1.807) is 18.2 Å². The summed E-state index contributed by atoms with van der Waals surface area (Å²) >= 11 is 0. The molecular weight excluding hydrogens is 242 g/mol. The van der Waals surface area contributed by atoms with Crippen LogP contribution in [0.1, 0.15) is 41.6 Å². The predicted molar refractivity (Wildman–Crippen MR) is 73.4 cm³/mol. The topological polar surface area (TPSA) is 58.6 Å². The first-order valence-corrected chi connectivity index (χ1v) is 6.86. The molecule has 1 saturated carbocycles. The van der Waals surface area contributed by atoms with Gasteiger partial charge < -0.3 is 15.2 Å². The number of phenolic OH excluding ortho intramolecular Hbond substituents is 1. The molecule has 1 aliphatic rings. The third kappa shape index (κ3) is 3.96. The lowest BCUT2D eigenvalue weighted by Gasteiger charge is -2.12. The van der Waals surface area contributed by atoms with E-state index in [9.17, 15) is 9.90 Å². The number of amides is 1. The van der Waals surface area contributed by atoms with E-state index in [-0.39, 0.29) is 11.7 Å². The number of ether oxygens (including phenoxy) is 1. The fourth-order valence-electron chi connectivity index (χ4n) is 2.37. The fourth-order valence-corrected chi connectivity index (χ4v) is 2.37. The van der Waals surface area contributed by atoms with Crippen LogP contribution >= 0.6 is 0 Å². The Labute approximate surface area is 113 Å². The Morgan fingerprint density at radius 2 is 2.16 bits per heavy atom. The van der Waals surface area contributed by atoms with Crippen molar-refractivity contribution in [3.8, 4) is 5.75 Å². The second-order valence-corrected chi connectivity index (χ2v) is 5.05. The molecule has 0 aliphatic heterocycles. The SMILES string of the molecule is Cc1ccc(O)c(C(=O)NCCOC2CCCC2)c1. The molecule has 1 aliphatic carbocycles. The number of rotatable bonds is 5. The van der Waals surface area contributed by atoms with E-state index in [4.69, 9.17) is 4.74 Å². The molecule has 0 radical (unpaired) electrons. The quantitative estimate of drug-likeness (QED) is 0.802. The molecule has 1 aromatic carbocycles. The van der Waals surface area contributed by atoms with Gasteiger partial charge in [-0.3, -0.25) is 4.79 Å². The molecule has 1 amide bonds. The van der Waals surface area contributed by atoms with Crippen LogP contribution in [-0.4, -0.2) is 30.3 Å². The summed E-state index contributed by atoms with van der Waals surface area (Å²) in [6.45, 7) is 2.89. The minimum atomic E-state index is -0.253. The Bertz CT molecular complexity index is 439. The highest BCUT2D eigenvalue weighted by molar-refractivity contribution is 5.96. The summed E-state index contributed by atoms with van der Waals surface area (Å²) in [7, 11) is 0. The summed E-state index contributed by atoms with van der Waals surface area (Å²) in [5.74, 6) is -0.240. The van der Waals surface area contributed by atoms with E-state index >= 15 is 0 Å². The lowest BCUT2D eigenvalue weighted by molar-refractivity contribution is 0.0581. The third-order valence-electron chi connectivity index (χ3n) is 3.44. The molecule has 0 aromatic heterocycles. The Morgan fingerprint density at radius 1 is 1.42 bits per heavy atom. The van der Waals surface area contributed by atoms with Gasteiger partial charge in [-0.2, -0.15) is 0 Å². The first-order chi connectivity index (χ1) is 9.16. The van der Waals surface area contributed by atoms with Crippen LogP contribution < -0.4 is 5.32 Å². The lowest BCUT2D eigenvalue weighted by atomic mass is 10.1. The van der Waals surface area contributed by atoms with E-state index in [2.05, 4.69) is 5.32 Å². The molecule has 0 bridgehead atoms. The number of carbonyl (C=O) groups excluding carboxylic acids is 1. The van der Waals surface area contributed by atoms with Gasteiger partial charge in [0.15, 0.2) is 0 Å². The van der Waals surface area contributed by atoms with Gasteiger partial charge in [-0.15, -0.1) is 0 Å². The van der Waals surface area contributed by atoms with Crippen molar-refractivity contribution in [2.45, 2.75) is 38.7 Å². The number of hydrogen-bond acceptors (Lipinski definition) is 3. The number of aromatic hydroxyl groups is 1. The second-order valence-electron chi connectivity index (χ2n) is 5.05. The average Bonchev–Trinajstić information content (AvgIpc) is 2.90. The summed E-state index contributed by atoms with van der Waals surface area (Å²) in [4.78, 5) is 11.9. The minimum absolute atomic E-state index is 0.0137. The molecule has 4 nitrogen and oxygen atoms in total. The van der Waals surface area contributed by atoms with E-state index in [0.29, 0.717) is 24.8 Å². The molecule has 2 rings (SSSR count). The zero-order valence-electron chi connectivity index (χ0n) is 11.3. The van der Waals surface area contributed by atoms with Gasteiger partial charge in [0, 0.05) is 6.54 Å². The van der Waals surface area contributed by atoms with Gasteiger partial charge in [-0.25, -0.2) is 0 Å². The maximum absolute atomic E-state index is 11.9. The number of phenols is 1. The maximum Gasteiger partial charge on any atom is 0.255 e. The van der Waals surface area contributed by atoms with Crippen molar-refractivity contribution in [2.24, 2.45) is 0 Å². The van der Waals surface area contributed by atoms with Crippen LogP contribution in [0.5, 0.6) is 5.75 Å². The molecule has 1 aromatic rings. The standard InChI is InChI=1S/C15H21NO3/c1-11-6-7-14(17)13(10-11)15(18)16-8-9-19-12-4-2-3-5-12/h6-7,10,12,17H,2-5,8-9H2,1H3,(H,16,18). The first-order valence-electron chi connectivity index (χ1n) is 6.86. The molecular formula is C15H21NO3. The van der Waals surface area contributed by atoms with Crippen LogP contribution in [0, 0.1) is 6.92 Å². The van der Waals surface area contributed by atoms with Gasteiger partial charge in [-0.05, 0) is 31.9 Å². The normalized spacial score (nSPS) is 15.6. The summed E-state index contributed by atoms with van der Waals surface area (Å²) in [5, 5.41) is 12.4. The average molecular weight is 263 g/mol. The lowest BCUT2D eigenvalue weighted by Crippen LogP contribution is -2.28. The van der Waals surface area contributed by atoms with Crippen LogP contribution in [0.15, 0.2) is 18.2 Å². The van der Waals surface area contributed by atoms with Gasteiger partial charge in [0.1, 0.15) is 5.75 Å². The summed E-state index contributed by atoms with van der Waals surface area (Å²) in [6, 6.07) is 5.00. The van der Waals surface area contributed by atoms with Crippen molar-refractivity contribution in [1.29, 1.82) is 0 Å². The molecule has 0 unspecified atom stereocenters. The van der Waals surface area contributed by atoms with Crippen molar-refractivity contribution < 1.29 is 14.6 Å². The van der Waals surface area contributed by atoms with Crippen LogP contribution in [0.2, 0.25) is 0 Å². The van der Waals surface area contributed by atoms with Gasteiger partial charge in [0.25, 0.3) is 5.91 Å². The highest BCUT2D eigenvalue weighted by Crippen LogP contribution is 2.20. The maximum atomic E-state index is 11.9. The Morgan fingerprint density at radius 3 is 2.89 bits per heavy atom.